The molecule has 1 aromatic rings. The molecule has 1 fully saturated rings. The van der Waals surface area contributed by atoms with Crippen LogP contribution in [0.2, 0.25) is 0 Å². The van der Waals surface area contributed by atoms with Crippen LogP contribution in [-0.4, -0.2) is 30.6 Å². The average molecular weight is 290 g/mol. The molecule has 1 aliphatic heterocycles. The minimum Gasteiger partial charge on any atom is -0.377 e. The second-order valence-corrected chi connectivity index (χ2v) is 5.78. The van der Waals surface area contributed by atoms with E-state index in [1.165, 1.54) is 0 Å². The number of ether oxygens (including phenoxy) is 1. The van der Waals surface area contributed by atoms with Gasteiger partial charge in [-0.15, -0.1) is 0 Å². The van der Waals surface area contributed by atoms with Gasteiger partial charge in [0, 0.05) is 26.2 Å². The number of carbonyl (C=O) groups excluding carboxylic acids is 1. The fourth-order valence-electron chi connectivity index (χ4n) is 2.47. The number of nitrogens with zero attached hydrogens (tertiary/aromatic N) is 1. The van der Waals surface area contributed by atoms with Gasteiger partial charge in [0.2, 0.25) is 0 Å². The second-order valence-electron chi connectivity index (χ2n) is 5.78. The van der Waals surface area contributed by atoms with Crippen LogP contribution in [0.4, 0.5) is 4.79 Å². The Labute approximate surface area is 127 Å². The van der Waals surface area contributed by atoms with E-state index >= 15 is 0 Å². The van der Waals surface area contributed by atoms with Crippen LogP contribution in [0.3, 0.4) is 0 Å². The highest BCUT2D eigenvalue weighted by Gasteiger charge is 2.19. The summed E-state index contributed by atoms with van der Waals surface area (Å²) in [6.07, 6.45) is 2.22. The SMILES string of the molecule is CCOCc1ccc(CNC(=O)N2CCC(C)CC2)cc1. The third-order valence-corrected chi connectivity index (χ3v) is 4.01. The molecule has 1 aromatic carbocycles. The van der Waals surface area contributed by atoms with Crippen LogP contribution < -0.4 is 5.32 Å². The maximum absolute atomic E-state index is 12.1. The van der Waals surface area contributed by atoms with Crippen LogP contribution >= 0.6 is 0 Å². The lowest BCUT2D eigenvalue weighted by atomic mass is 10.00. The molecule has 0 spiro atoms. The summed E-state index contributed by atoms with van der Waals surface area (Å²) in [5.41, 5.74) is 2.28. The van der Waals surface area contributed by atoms with Crippen molar-refractivity contribution in [1.29, 1.82) is 0 Å². The van der Waals surface area contributed by atoms with E-state index in [0.717, 1.165) is 49.6 Å². The van der Waals surface area contributed by atoms with Crippen LogP contribution in [0.5, 0.6) is 0 Å². The molecule has 1 aliphatic rings. The summed E-state index contributed by atoms with van der Waals surface area (Å²) in [7, 11) is 0. The highest BCUT2D eigenvalue weighted by Crippen LogP contribution is 2.15. The number of hydrogen-bond donors (Lipinski definition) is 1. The Morgan fingerprint density at radius 1 is 1.24 bits per heavy atom. The number of benzene rings is 1. The Hall–Kier alpha value is -1.55. The van der Waals surface area contributed by atoms with Gasteiger partial charge in [-0.2, -0.15) is 0 Å². The zero-order chi connectivity index (χ0) is 15.1. The van der Waals surface area contributed by atoms with E-state index in [4.69, 9.17) is 4.74 Å². The highest BCUT2D eigenvalue weighted by atomic mass is 16.5. The maximum atomic E-state index is 12.1. The van der Waals surface area contributed by atoms with Crippen LogP contribution in [0.25, 0.3) is 0 Å². The van der Waals surface area contributed by atoms with Crippen molar-refractivity contribution in [2.45, 2.75) is 39.8 Å². The summed E-state index contributed by atoms with van der Waals surface area (Å²) in [5, 5.41) is 3.00. The topological polar surface area (TPSA) is 41.6 Å². The monoisotopic (exact) mass is 290 g/mol. The Morgan fingerprint density at radius 2 is 1.86 bits per heavy atom. The van der Waals surface area contributed by atoms with Gasteiger partial charge in [0.25, 0.3) is 0 Å². The Bertz CT molecular complexity index is 437. The van der Waals surface area contributed by atoms with Gasteiger partial charge < -0.3 is 15.0 Å². The van der Waals surface area contributed by atoms with Gasteiger partial charge >= 0.3 is 6.03 Å². The third-order valence-electron chi connectivity index (χ3n) is 4.01. The van der Waals surface area contributed by atoms with Crippen LogP contribution in [0, 0.1) is 5.92 Å². The zero-order valence-corrected chi connectivity index (χ0v) is 13.1. The second kappa shape index (κ2) is 8.03. The molecule has 0 radical (unpaired) electrons. The molecule has 0 aromatic heterocycles. The minimum absolute atomic E-state index is 0.0558. The number of likely N-dealkylation sites (tertiary alicyclic amines) is 1. The Morgan fingerprint density at radius 3 is 2.48 bits per heavy atom. The molecule has 2 rings (SSSR count). The first-order chi connectivity index (χ1) is 10.2. The van der Waals surface area contributed by atoms with E-state index in [2.05, 4.69) is 24.4 Å². The summed E-state index contributed by atoms with van der Waals surface area (Å²) in [5.74, 6) is 0.743. The lowest BCUT2D eigenvalue weighted by Gasteiger charge is -2.30. The third kappa shape index (κ3) is 5.05. The van der Waals surface area contributed by atoms with E-state index in [1.807, 2.05) is 24.0 Å². The lowest BCUT2D eigenvalue weighted by molar-refractivity contribution is 0.134. The Kier molecular flexibility index (Phi) is 6.05. The van der Waals surface area contributed by atoms with Crippen molar-refractivity contribution in [3.8, 4) is 0 Å². The molecule has 1 saturated heterocycles. The molecule has 1 heterocycles. The normalized spacial score (nSPS) is 16.0. The smallest absolute Gasteiger partial charge is 0.317 e. The van der Waals surface area contributed by atoms with Gasteiger partial charge in [-0.1, -0.05) is 31.2 Å². The molecule has 4 nitrogen and oxygen atoms in total. The van der Waals surface area contributed by atoms with Crippen molar-refractivity contribution in [1.82, 2.24) is 10.2 Å². The first kappa shape index (κ1) is 15.8. The van der Waals surface area contributed by atoms with Crippen molar-refractivity contribution in [2.75, 3.05) is 19.7 Å². The number of rotatable bonds is 5. The van der Waals surface area contributed by atoms with Crippen molar-refractivity contribution in [3.63, 3.8) is 0 Å². The molecule has 4 heteroatoms. The van der Waals surface area contributed by atoms with E-state index in [0.29, 0.717) is 13.2 Å². The van der Waals surface area contributed by atoms with Gasteiger partial charge in [0.15, 0.2) is 0 Å². The van der Waals surface area contributed by atoms with Crippen molar-refractivity contribution < 1.29 is 9.53 Å². The number of hydrogen-bond acceptors (Lipinski definition) is 2. The Balaban J connectivity index is 1.75. The lowest BCUT2D eigenvalue weighted by Crippen LogP contribution is -2.43. The van der Waals surface area contributed by atoms with E-state index < -0.39 is 0 Å². The summed E-state index contributed by atoms with van der Waals surface area (Å²) in [6, 6.07) is 8.26. The van der Waals surface area contributed by atoms with Crippen LogP contribution in [-0.2, 0) is 17.9 Å². The highest BCUT2D eigenvalue weighted by molar-refractivity contribution is 5.74. The molecule has 116 valence electrons. The molecule has 0 saturated carbocycles. The molecule has 0 atom stereocenters. The molecule has 2 amide bonds. The molecular weight excluding hydrogens is 264 g/mol. The fraction of sp³-hybridized carbons (Fsp3) is 0.588. The maximum Gasteiger partial charge on any atom is 0.317 e. The summed E-state index contributed by atoms with van der Waals surface area (Å²) in [4.78, 5) is 14.0. The van der Waals surface area contributed by atoms with E-state index in [1.54, 1.807) is 0 Å². The molecule has 0 bridgehead atoms. The number of piperidine rings is 1. The number of carbonyl (C=O) groups is 1. The molecule has 1 N–H and O–H groups in total. The molecule has 0 unspecified atom stereocenters. The van der Waals surface area contributed by atoms with Crippen molar-refractivity contribution in [3.05, 3.63) is 35.4 Å². The largest absolute Gasteiger partial charge is 0.377 e. The summed E-state index contributed by atoms with van der Waals surface area (Å²) in [6.45, 7) is 7.95. The number of nitrogens with one attached hydrogen (secondary N) is 1. The molecule has 21 heavy (non-hydrogen) atoms. The number of amides is 2. The van der Waals surface area contributed by atoms with Crippen molar-refractivity contribution in [2.24, 2.45) is 5.92 Å². The average Bonchev–Trinajstić information content (AvgIpc) is 2.52. The van der Waals surface area contributed by atoms with Gasteiger partial charge in [-0.25, -0.2) is 4.79 Å². The van der Waals surface area contributed by atoms with E-state index in [9.17, 15) is 4.79 Å². The van der Waals surface area contributed by atoms with Gasteiger partial charge in [0.05, 0.1) is 6.61 Å². The molecule has 0 aliphatic carbocycles. The van der Waals surface area contributed by atoms with Gasteiger partial charge in [-0.3, -0.25) is 0 Å². The minimum atomic E-state index is 0.0558. The first-order valence-electron chi connectivity index (χ1n) is 7.87. The zero-order valence-electron chi connectivity index (χ0n) is 13.1. The summed E-state index contributed by atoms with van der Waals surface area (Å²) < 4.78 is 5.37. The van der Waals surface area contributed by atoms with Crippen molar-refractivity contribution >= 4 is 6.03 Å². The quantitative estimate of drug-likeness (QED) is 0.905. The predicted octanol–water partition coefficient (Wildman–Crippen LogP) is 3.16. The first-order valence-corrected chi connectivity index (χ1v) is 7.87. The van der Waals surface area contributed by atoms with Gasteiger partial charge in [-0.05, 0) is 36.8 Å². The number of urea groups is 1. The van der Waals surface area contributed by atoms with Gasteiger partial charge in [0.1, 0.15) is 0 Å². The fourth-order valence-corrected chi connectivity index (χ4v) is 2.47. The summed E-state index contributed by atoms with van der Waals surface area (Å²) >= 11 is 0. The van der Waals surface area contributed by atoms with Crippen LogP contribution in [0.15, 0.2) is 24.3 Å². The van der Waals surface area contributed by atoms with Crippen LogP contribution in [0.1, 0.15) is 37.8 Å². The van der Waals surface area contributed by atoms with E-state index in [-0.39, 0.29) is 6.03 Å². The molecular formula is C17H26N2O2. The standard InChI is InChI=1S/C17H26N2O2/c1-3-21-13-16-6-4-15(5-7-16)12-18-17(20)19-10-8-14(2)9-11-19/h4-7,14H,3,8-13H2,1-2H3,(H,18,20). The predicted molar refractivity (Wildman–Crippen MR) is 84.0 cm³/mol.